The molecular weight excluding hydrogens is 256 g/mol. The third-order valence-corrected chi connectivity index (χ3v) is 3.94. The molecule has 1 aromatic carbocycles. The summed E-state index contributed by atoms with van der Waals surface area (Å²) in [4.78, 5) is 13.2. The van der Waals surface area contributed by atoms with Crippen LogP contribution < -0.4 is 5.32 Å². The molecule has 0 fully saturated rings. The summed E-state index contributed by atoms with van der Waals surface area (Å²) < 4.78 is 0. The zero-order valence-corrected chi connectivity index (χ0v) is 11.4. The number of carbonyl (C=O) groups excluding carboxylic acids is 1. The van der Waals surface area contributed by atoms with Crippen molar-refractivity contribution in [2.45, 2.75) is 19.4 Å². The number of nitrogens with one attached hydrogen (secondary N) is 1. The number of rotatable bonds is 4. The predicted octanol–water partition coefficient (Wildman–Crippen LogP) is 2.98. The van der Waals surface area contributed by atoms with Gasteiger partial charge in [-0.1, -0.05) is 30.3 Å². The molecule has 0 radical (unpaired) electrons. The van der Waals surface area contributed by atoms with Crippen molar-refractivity contribution in [1.82, 2.24) is 5.32 Å². The van der Waals surface area contributed by atoms with Crippen LogP contribution in [0.15, 0.2) is 41.8 Å². The molecule has 96 valence electrons. The predicted molar refractivity (Wildman–Crippen MR) is 75.7 cm³/mol. The maximum Gasteiger partial charge on any atom is 0.242 e. The third kappa shape index (κ3) is 3.21. The fourth-order valence-corrected chi connectivity index (χ4v) is 2.63. The van der Waals surface area contributed by atoms with Crippen LogP contribution in [0.5, 0.6) is 0 Å². The second-order valence-corrected chi connectivity index (χ2v) is 5.22. The first kappa shape index (κ1) is 13.3. The minimum atomic E-state index is -0.749. The van der Waals surface area contributed by atoms with E-state index in [1.165, 1.54) is 5.56 Å². The van der Waals surface area contributed by atoms with Crippen LogP contribution in [0.2, 0.25) is 0 Å². The zero-order valence-electron chi connectivity index (χ0n) is 10.6. The Morgan fingerprint density at radius 1 is 1.37 bits per heavy atom. The Morgan fingerprint density at radius 3 is 2.68 bits per heavy atom. The Kier molecular flexibility index (Phi) is 4.32. The molecule has 0 saturated heterocycles. The van der Waals surface area contributed by atoms with Crippen LogP contribution in [0, 0.1) is 18.3 Å². The van der Waals surface area contributed by atoms with Gasteiger partial charge in [0.05, 0.1) is 12.6 Å². The summed E-state index contributed by atoms with van der Waals surface area (Å²) in [5.41, 5.74) is 1.89. The van der Waals surface area contributed by atoms with Crippen molar-refractivity contribution in [2.75, 3.05) is 0 Å². The van der Waals surface area contributed by atoms with E-state index in [-0.39, 0.29) is 5.91 Å². The van der Waals surface area contributed by atoms with Crippen molar-refractivity contribution in [2.24, 2.45) is 0 Å². The number of thiophene rings is 1. The van der Waals surface area contributed by atoms with Crippen molar-refractivity contribution in [3.8, 4) is 6.07 Å². The number of aryl methyl sites for hydroxylation is 1. The highest BCUT2D eigenvalue weighted by atomic mass is 32.1. The average molecular weight is 270 g/mol. The largest absolute Gasteiger partial charge is 0.350 e. The van der Waals surface area contributed by atoms with Crippen molar-refractivity contribution >= 4 is 17.2 Å². The molecule has 1 unspecified atom stereocenters. The van der Waals surface area contributed by atoms with Gasteiger partial charge in [-0.3, -0.25) is 4.79 Å². The number of hydrogen-bond donors (Lipinski definition) is 1. The Balaban J connectivity index is 2.03. The first-order valence-electron chi connectivity index (χ1n) is 5.97. The number of nitrogens with zero attached hydrogens (tertiary/aromatic N) is 1. The number of amides is 1. The maximum atomic E-state index is 12.1. The lowest BCUT2D eigenvalue weighted by atomic mass is 10.00. The monoisotopic (exact) mass is 270 g/mol. The quantitative estimate of drug-likeness (QED) is 0.928. The summed E-state index contributed by atoms with van der Waals surface area (Å²) in [5.74, 6) is -0.997. The van der Waals surface area contributed by atoms with Gasteiger partial charge < -0.3 is 5.32 Å². The molecular formula is C15H14N2OS. The molecule has 1 N–H and O–H groups in total. The zero-order chi connectivity index (χ0) is 13.7. The summed E-state index contributed by atoms with van der Waals surface area (Å²) in [7, 11) is 0. The van der Waals surface area contributed by atoms with Crippen LogP contribution >= 0.6 is 11.3 Å². The molecule has 0 bridgehead atoms. The Hall–Kier alpha value is -2.12. The molecule has 3 nitrogen and oxygen atoms in total. The third-order valence-electron chi connectivity index (χ3n) is 2.92. The van der Waals surface area contributed by atoms with E-state index in [0.29, 0.717) is 6.54 Å². The number of carbonyl (C=O) groups is 1. The average Bonchev–Trinajstić information content (AvgIpc) is 2.84. The van der Waals surface area contributed by atoms with Crippen molar-refractivity contribution in [1.29, 1.82) is 5.26 Å². The molecule has 1 aromatic heterocycles. The molecule has 2 aromatic rings. The van der Waals surface area contributed by atoms with Crippen LogP contribution in [-0.2, 0) is 11.3 Å². The van der Waals surface area contributed by atoms with E-state index in [2.05, 4.69) is 11.4 Å². The Labute approximate surface area is 116 Å². The standard InChI is InChI=1S/C15H14N2OS/c1-11-7-8-19-14(11)10-17-15(18)13(9-16)12-5-3-2-4-6-12/h2-8,13H,10H2,1H3,(H,17,18). The normalized spacial score (nSPS) is 11.6. The lowest BCUT2D eigenvalue weighted by Crippen LogP contribution is -2.28. The molecule has 2 rings (SSSR count). The molecule has 4 heteroatoms. The van der Waals surface area contributed by atoms with E-state index in [1.807, 2.05) is 36.6 Å². The first-order chi connectivity index (χ1) is 9.22. The van der Waals surface area contributed by atoms with Gasteiger partial charge in [0.15, 0.2) is 0 Å². The fourth-order valence-electron chi connectivity index (χ4n) is 1.78. The number of benzene rings is 1. The van der Waals surface area contributed by atoms with Crippen molar-refractivity contribution in [3.05, 3.63) is 57.8 Å². The summed E-state index contributed by atoms with van der Waals surface area (Å²) in [6.45, 7) is 2.49. The summed E-state index contributed by atoms with van der Waals surface area (Å²) in [6.07, 6.45) is 0. The lowest BCUT2D eigenvalue weighted by molar-refractivity contribution is -0.121. The van der Waals surface area contributed by atoms with E-state index in [4.69, 9.17) is 5.26 Å². The van der Waals surface area contributed by atoms with Crippen LogP contribution in [0.3, 0.4) is 0 Å². The van der Waals surface area contributed by atoms with Crippen LogP contribution in [0.25, 0.3) is 0 Å². The summed E-state index contributed by atoms with van der Waals surface area (Å²) in [5, 5.41) is 14.0. The molecule has 0 spiro atoms. The second-order valence-electron chi connectivity index (χ2n) is 4.22. The van der Waals surface area contributed by atoms with E-state index in [9.17, 15) is 4.79 Å². The molecule has 0 aliphatic heterocycles. The molecule has 1 amide bonds. The highest BCUT2D eigenvalue weighted by molar-refractivity contribution is 7.10. The fraction of sp³-hybridized carbons (Fsp3) is 0.200. The number of hydrogen-bond acceptors (Lipinski definition) is 3. The van der Waals surface area contributed by atoms with E-state index >= 15 is 0 Å². The highest BCUT2D eigenvalue weighted by Gasteiger charge is 2.19. The minimum absolute atomic E-state index is 0.249. The van der Waals surface area contributed by atoms with E-state index in [1.54, 1.807) is 23.5 Å². The molecule has 0 aliphatic rings. The highest BCUT2D eigenvalue weighted by Crippen LogP contribution is 2.17. The van der Waals surface area contributed by atoms with Gasteiger partial charge in [-0.15, -0.1) is 11.3 Å². The SMILES string of the molecule is Cc1ccsc1CNC(=O)C(C#N)c1ccccc1. The molecule has 1 heterocycles. The summed E-state index contributed by atoms with van der Waals surface area (Å²) >= 11 is 1.61. The van der Waals surface area contributed by atoms with Gasteiger partial charge >= 0.3 is 0 Å². The Bertz CT molecular complexity index is 598. The smallest absolute Gasteiger partial charge is 0.242 e. The van der Waals surface area contributed by atoms with Crippen molar-refractivity contribution in [3.63, 3.8) is 0 Å². The van der Waals surface area contributed by atoms with Gasteiger partial charge in [0.1, 0.15) is 5.92 Å². The van der Waals surface area contributed by atoms with Gasteiger partial charge in [-0.2, -0.15) is 5.26 Å². The second kappa shape index (κ2) is 6.17. The molecule has 19 heavy (non-hydrogen) atoms. The summed E-state index contributed by atoms with van der Waals surface area (Å²) in [6, 6.07) is 13.2. The van der Waals surface area contributed by atoms with Gasteiger partial charge in [0.2, 0.25) is 5.91 Å². The van der Waals surface area contributed by atoms with Gasteiger partial charge in [0.25, 0.3) is 0 Å². The maximum absolute atomic E-state index is 12.1. The van der Waals surface area contributed by atoms with Crippen LogP contribution in [0.1, 0.15) is 21.9 Å². The molecule has 0 aliphatic carbocycles. The van der Waals surface area contributed by atoms with Crippen LogP contribution in [-0.4, -0.2) is 5.91 Å². The number of nitriles is 1. The first-order valence-corrected chi connectivity index (χ1v) is 6.85. The molecule has 0 saturated carbocycles. The lowest BCUT2D eigenvalue weighted by Gasteiger charge is -2.10. The van der Waals surface area contributed by atoms with Gasteiger partial charge in [0, 0.05) is 4.88 Å². The van der Waals surface area contributed by atoms with Crippen molar-refractivity contribution < 1.29 is 4.79 Å². The van der Waals surface area contributed by atoms with E-state index in [0.717, 1.165) is 10.4 Å². The Morgan fingerprint density at radius 2 is 2.11 bits per heavy atom. The van der Waals surface area contributed by atoms with E-state index < -0.39 is 5.92 Å². The minimum Gasteiger partial charge on any atom is -0.350 e. The molecule has 1 atom stereocenters. The van der Waals surface area contributed by atoms with Crippen LogP contribution in [0.4, 0.5) is 0 Å². The van der Waals surface area contributed by atoms with Gasteiger partial charge in [-0.25, -0.2) is 0 Å². The van der Waals surface area contributed by atoms with Gasteiger partial charge in [-0.05, 0) is 29.5 Å². The topological polar surface area (TPSA) is 52.9 Å².